The molecule has 5 heteroatoms. The van der Waals surface area contributed by atoms with Crippen LogP contribution in [0.1, 0.15) is 17.3 Å². The molecule has 0 N–H and O–H groups in total. The van der Waals surface area contributed by atoms with E-state index in [1.807, 2.05) is 0 Å². The van der Waals surface area contributed by atoms with Crippen LogP contribution in [0.15, 0.2) is 18.2 Å². The summed E-state index contributed by atoms with van der Waals surface area (Å²) in [6, 6.07) is 4.84. The third kappa shape index (κ3) is 3.06. The normalized spacial score (nSPS) is 11.7. The van der Waals surface area contributed by atoms with Crippen LogP contribution in [0.25, 0.3) is 0 Å². The number of benzene rings is 1. The highest BCUT2D eigenvalue weighted by Crippen LogP contribution is 2.32. The summed E-state index contributed by atoms with van der Waals surface area (Å²) < 4.78 is 10.0. The maximum atomic E-state index is 10.8. The van der Waals surface area contributed by atoms with E-state index in [0.29, 0.717) is 17.1 Å². The highest BCUT2D eigenvalue weighted by molar-refractivity contribution is 9.09. The predicted octanol–water partition coefficient (Wildman–Crippen LogP) is 2.26. The van der Waals surface area contributed by atoms with Gasteiger partial charge in [0, 0.05) is 18.6 Å². The summed E-state index contributed by atoms with van der Waals surface area (Å²) >= 11 is 3.20. The van der Waals surface area contributed by atoms with Crippen molar-refractivity contribution in [3.8, 4) is 11.5 Å². The Labute approximate surface area is 102 Å². The number of methoxy groups -OCH3 is 1. The van der Waals surface area contributed by atoms with Crippen LogP contribution in [0.3, 0.4) is 0 Å². The van der Waals surface area contributed by atoms with Crippen molar-refractivity contribution in [1.29, 1.82) is 0 Å². The Bertz CT molecular complexity index is 403. The third-order valence-corrected chi connectivity index (χ3v) is 2.59. The van der Waals surface area contributed by atoms with Crippen molar-refractivity contribution in [3.63, 3.8) is 0 Å². The minimum absolute atomic E-state index is 0.388. The number of rotatable bonds is 4. The van der Waals surface area contributed by atoms with Crippen LogP contribution in [0, 0.1) is 0 Å². The van der Waals surface area contributed by atoms with E-state index in [0.717, 1.165) is 6.29 Å². The molecule has 0 radical (unpaired) electrons. The van der Waals surface area contributed by atoms with Crippen LogP contribution in [-0.4, -0.2) is 19.4 Å². The van der Waals surface area contributed by atoms with Crippen LogP contribution >= 0.6 is 15.9 Å². The van der Waals surface area contributed by atoms with E-state index < -0.39 is 10.8 Å². The largest absolute Gasteiger partial charge is 0.496 e. The Hall–Kier alpha value is -1.36. The van der Waals surface area contributed by atoms with Gasteiger partial charge in [-0.1, -0.05) is 22.0 Å². The van der Waals surface area contributed by atoms with Crippen molar-refractivity contribution >= 4 is 28.2 Å². The molecule has 16 heavy (non-hydrogen) atoms. The molecular formula is C11H11BrO4. The molecule has 0 heterocycles. The molecular weight excluding hydrogens is 276 g/mol. The van der Waals surface area contributed by atoms with Gasteiger partial charge in [-0.25, -0.2) is 0 Å². The van der Waals surface area contributed by atoms with E-state index in [1.54, 1.807) is 18.2 Å². The lowest BCUT2D eigenvalue weighted by molar-refractivity contribution is -0.131. The van der Waals surface area contributed by atoms with E-state index in [4.69, 9.17) is 9.47 Å². The molecule has 0 fully saturated rings. The molecule has 4 nitrogen and oxygen atoms in total. The Morgan fingerprint density at radius 2 is 2.19 bits per heavy atom. The van der Waals surface area contributed by atoms with Gasteiger partial charge in [0.15, 0.2) is 0 Å². The zero-order valence-electron chi connectivity index (χ0n) is 8.90. The molecule has 1 unspecified atom stereocenters. The standard InChI is InChI=1S/C11H11BrO4/c1-7(14)16-8-3-4-9(10(12)6-13)11(5-8)15-2/h3-6,10H,1-2H3. The van der Waals surface area contributed by atoms with E-state index in [9.17, 15) is 9.59 Å². The quantitative estimate of drug-likeness (QED) is 0.369. The van der Waals surface area contributed by atoms with Crippen molar-refractivity contribution in [2.75, 3.05) is 7.11 Å². The van der Waals surface area contributed by atoms with Crippen molar-refractivity contribution in [2.24, 2.45) is 0 Å². The zero-order valence-corrected chi connectivity index (χ0v) is 10.5. The maximum Gasteiger partial charge on any atom is 0.308 e. The number of hydrogen-bond acceptors (Lipinski definition) is 4. The number of alkyl halides is 1. The van der Waals surface area contributed by atoms with Gasteiger partial charge in [-0.2, -0.15) is 0 Å². The summed E-state index contributed by atoms with van der Waals surface area (Å²) in [6.07, 6.45) is 0.753. The molecule has 0 amide bonds. The first-order valence-corrected chi connectivity index (χ1v) is 5.45. The second-order valence-corrected chi connectivity index (χ2v) is 4.02. The molecule has 0 saturated heterocycles. The zero-order chi connectivity index (χ0) is 12.1. The van der Waals surface area contributed by atoms with Gasteiger partial charge in [0.25, 0.3) is 0 Å². The summed E-state index contributed by atoms with van der Waals surface area (Å²) in [4.78, 5) is 21.0. The second kappa shape index (κ2) is 5.65. The minimum atomic E-state index is -0.436. The lowest BCUT2D eigenvalue weighted by Gasteiger charge is -2.11. The molecule has 0 spiro atoms. The molecule has 0 aliphatic heterocycles. The Balaban J connectivity index is 3.06. The lowest BCUT2D eigenvalue weighted by Crippen LogP contribution is -2.03. The number of carbonyl (C=O) groups is 2. The molecule has 1 atom stereocenters. The SMILES string of the molecule is COc1cc(OC(C)=O)ccc1C(Br)C=O. The predicted molar refractivity (Wildman–Crippen MR) is 62.0 cm³/mol. The summed E-state index contributed by atoms with van der Waals surface area (Å²) in [6.45, 7) is 1.32. The first-order chi connectivity index (χ1) is 7.58. The van der Waals surface area contributed by atoms with Gasteiger partial charge < -0.3 is 14.3 Å². The lowest BCUT2D eigenvalue weighted by atomic mass is 10.1. The van der Waals surface area contributed by atoms with E-state index in [-0.39, 0.29) is 0 Å². The van der Waals surface area contributed by atoms with Gasteiger partial charge in [0.2, 0.25) is 0 Å². The fraction of sp³-hybridized carbons (Fsp3) is 0.273. The molecule has 86 valence electrons. The van der Waals surface area contributed by atoms with Gasteiger partial charge in [-0.3, -0.25) is 4.79 Å². The maximum absolute atomic E-state index is 10.8. The number of halogens is 1. The molecule has 1 aromatic rings. The molecule has 1 rings (SSSR count). The van der Waals surface area contributed by atoms with Crippen LogP contribution in [0.5, 0.6) is 11.5 Å². The summed E-state index contributed by atoms with van der Waals surface area (Å²) in [5.41, 5.74) is 0.688. The highest BCUT2D eigenvalue weighted by atomic mass is 79.9. The second-order valence-electron chi connectivity index (χ2n) is 3.04. The number of aldehydes is 1. The van der Waals surface area contributed by atoms with Crippen LogP contribution in [0.4, 0.5) is 0 Å². The minimum Gasteiger partial charge on any atom is -0.496 e. The fourth-order valence-electron chi connectivity index (χ4n) is 1.22. The molecule has 0 bridgehead atoms. The van der Waals surface area contributed by atoms with Crippen molar-refractivity contribution in [3.05, 3.63) is 23.8 Å². The van der Waals surface area contributed by atoms with Gasteiger partial charge in [-0.05, 0) is 6.07 Å². The first kappa shape index (κ1) is 12.7. The van der Waals surface area contributed by atoms with Crippen LogP contribution in [-0.2, 0) is 9.59 Å². The Kier molecular flexibility index (Phi) is 4.49. The van der Waals surface area contributed by atoms with Crippen molar-refractivity contribution in [1.82, 2.24) is 0 Å². The number of esters is 1. The summed E-state index contributed by atoms with van der Waals surface area (Å²) in [5.74, 6) is 0.479. The Morgan fingerprint density at radius 3 is 2.69 bits per heavy atom. The van der Waals surface area contributed by atoms with E-state index >= 15 is 0 Å². The van der Waals surface area contributed by atoms with Crippen molar-refractivity contribution in [2.45, 2.75) is 11.8 Å². The third-order valence-electron chi connectivity index (χ3n) is 1.88. The average Bonchev–Trinajstić information content (AvgIpc) is 2.27. The summed E-state index contributed by atoms with van der Waals surface area (Å²) in [7, 11) is 1.49. The van der Waals surface area contributed by atoms with Crippen LogP contribution < -0.4 is 9.47 Å². The first-order valence-electron chi connectivity index (χ1n) is 4.54. The van der Waals surface area contributed by atoms with Crippen molar-refractivity contribution < 1.29 is 19.1 Å². The molecule has 0 aliphatic carbocycles. The van der Waals surface area contributed by atoms with Gasteiger partial charge in [0.1, 0.15) is 17.8 Å². The molecule has 0 saturated carbocycles. The number of hydrogen-bond donors (Lipinski definition) is 0. The number of ether oxygens (including phenoxy) is 2. The summed E-state index contributed by atoms with van der Waals surface area (Å²) in [5, 5.41) is 0. The van der Waals surface area contributed by atoms with Gasteiger partial charge >= 0.3 is 5.97 Å². The Morgan fingerprint density at radius 1 is 1.50 bits per heavy atom. The number of carbonyl (C=O) groups excluding carboxylic acids is 2. The topological polar surface area (TPSA) is 52.6 Å². The van der Waals surface area contributed by atoms with E-state index in [2.05, 4.69) is 15.9 Å². The van der Waals surface area contributed by atoms with E-state index in [1.165, 1.54) is 14.0 Å². The molecule has 1 aromatic carbocycles. The smallest absolute Gasteiger partial charge is 0.308 e. The molecule has 0 aliphatic rings. The monoisotopic (exact) mass is 286 g/mol. The van der Waals surface area contributed by atoms with Gasteiger partial charge in [-0.15, -0.1) is 0 Å². The molecule has 0 aromatic heterocycles. The highest BCUT2D eigenvalue weighted by Gasteiger charge is 2.13. The average molecular weight is 287 g/mol. The van der Waals surface area contributed by atoms with Crippen LogP contribution in [0.2, 0.25) is 0 Å². The fourth-order valence-corrected chi connectivity index (χ4v) is 1.60. The van der Waals surface area contributed by atoms with Gasteiger partial charge in [0.05, 0.1) is 11.9 Å².